The lowest BCUT2D eigenvalue weighted by Gasteiger charge is -2.07. The molecule has 2 nitrogen and oxygen atoms in total. The van der Waals surface area contributed by atoms with E-state index >= 15 is 0 Å². The number of halogens is 3. The normalized spacial score (nSPS) is 10.3. The highest BCUT2D eigenvalue weighted by Gasteiger charge is 2.10. The molecule has 0 spiro atoms. The summed E-state index contributed by atoms with van der Waals surface area (Å²) < 4.78 is 20.0. The molecular formula is C12H8BrClFNO. The van der Waals surface area contributed by atoms with Crippen molar-refractivity contribution in [2.75, 3.05) is 0 Å². The number of aromatic nitrogens is 1. The first-order valence-corrected chi connectivity index (χ1v) is 6.16. The van der Waals surface area contributed by atoms with E-state index in [1.807, 2.05) is 0 Å². The molecule has 17 heavy (non-hydrogen) atoms. The molecule has 1 aromatic heterocycles. The Morgan fingerprint density at radius 3 is 2.59 bits per heavy atom. The summed E-state index contributed by atoms with van der Waals surface area (Å²) >= 11 is 8.90. The molecule has 0 aliphatic rings. The first-order valence-electron chi connectivity index (χ1n) is 4.83. The molecule has 0 amide bonds. The fourth-order valence-corrected chi connectivity index (χ4v) is 1.72. The molecule has 0 unspecified atom stereocenters. The smallest absolute Gasteiger partial charge is 0.256 e. The van der Waals surface area contributed by atoms with Crippen LogP contribution in [0.3, 0.4) is 0 Å². The predicted octanol–water partition coefficient (Wildman–Crippen LogP) is 4.51. The number of hydrogen-bond acceptors (Lipinski definition) is 2. The zero-order chi connectivity index (χ0) is 12.3. The van der Waals surface area contributed by atoms with Crippen molar-refractivity contribution < 1.29 is 9.13 Å². The third-order valence-electron chi connectivity index (χ3n) is 2.11. The average Bonchev–Trinajstić information content (AvgIpc) is 2.35. The Morgan fingerprint density at radius 1 is 1.24 bits per heavy atom. The van der Waals surface area contributed by atoms with Crippen LogP contribution in [0.25, 0.3) is 0 Å². The summed E-state index contributed by atoms with van der Waals surface area (Å²) in [4.78, 5) is 3.84. The van der Waals surface area contributed by atoms with Gasteiger partial charge in [0.2, 0.25) is 0 Å². The minimum atomic E-state index is -0.523. The quantitative estimate of drug-likeness (QED) is 0.777. The van der Waals surface area contributed by atoms with Crippen LogP contribution in [0.4, 0.5) is 4.39 Å². The highest BCUT2D eigenvalue weighted by molar-refractivity contribution is 9.10. The Bertz CT molecular complexity index is 518. The third-order valence-corrected chi connectivity index (χ3v) is 2.93. The van der Waals surface area contributed by atoms with Gasteiger partial charge in [0.05, 0.1) is 5.88 Å². The van der Waals surface area contributed by atoms with Crippen LogP contribution >= 0.6 is 27.5 Å². The van der Waals surface area contributed by atoms with Gasteiger partial charge in [-0.2, -0.15) is 0 Å². The van der Waals surface area contributed by atoms with Gasteiger partial charge in [-0.05, 0) is 30.3 Å². The van der Waals surface area contributed by atoms with Crippen molar-refractivity contribution in [3.05, 3.63) is 52.4 Å². The fourth-order valence-electron chi connectivity index (χ4n) is 1.25. The van der Waals surface area contributed by atoms with Crippen LogP contribution < -0.4 is 4.74 Å². The molecule has 0 saturated carbocycles. The van der Waals surface area contributed by atoms with Crippen LogP contribution in [-0.4, -0.2) is 4.98 Å². The summed E-state index contributed by atoms with van der Waals surface area (Å²) in [5.41, 5.74) is 0.369. The summed E-state index contributed by atoms with van der Waals surface area (Å²) in [6, 6.07) is 8.57. The minimum absolute atomic E-state index is 0.0644. The Morgan fingerprint density at radius 2 is 1.94 bits per heavy atom. The molecular weight excluding hydrogens is 308 g/mol. The van der Waals surface area contributed by atoms with Gasteiger partial charge in [-0.1, -0.05) is 15.9 Å². The number of pyridine rings is 1. The summed E-state index contributed by atoms with van der Waals surface area (Å²) in [5.74, 6) is 0.0209. The van der Waals surface area contributed by atoms with Gasteiger partial charge in [-0.25, -0.2) is 9.37 Å². The predicted molar refractivity (Wildman–Crippen MR) is 68.0 cm³/mol. The molecule has 2 aromatic rings. The van der Waals surface area contributed by atoms with Crippen LogP contribution in [0.5, 0.6) is 11.6 Å². The zero-order valence-corrected chi connectivity index (χ0v) is 11.0. The average molecular weight is 317 g/mol. The van der Waals surface area contributed by atoms with E-state index in [0.29, 0.717) is 11.3 Å². The van der Waals surface area contributed by atoms with E-state index in [9.17, 15) is 4.39 Å². The first-order chi connectivity index (χ1) is 8.20. The number of benzene rings is 1. The van der Waals surface area contributed by atoms with Crippen molar-refractivity contribution in [2.24, 2.45) is 0 Å². The van der Waals surface area contributed by atoms with Crippen molar-refractivity contribution in [1.82, 2.24) is 4.98 Å². The molecule has 88 valence electrons. The number of rotatable bonds is 3. The summed E-state index contributed by atoms with van der Waals surface area (Å²) in [6.45, 7) is 0. The van der Waals surface area contributed by atoms with Crippen LogP contribution in [0.15, 0.2) is 41.0 Å². The highest BCUT2D eigenvalue weighted by Crippen LogP contribution is 2.25. The lowest BCUT2D eigenvalue weighted by Crippen LogP contribution is -1.95. The van der Waals surface area contributed by atoms with Gasteiger partial charge >= 0.3 is 0 Å². The van der Waals surface area contributed by atoms with Crippen LogP contribution in [0, 0.1) is 5.82 Å². The van der Waals surface area contributed by atoms with E-state index in [1.54, 1.807) is 24.3 Å². The first kappa shape index (κ1) is 12.3. The second-order valence-corrected chi connectivity index (χ2v) is 4.46. The standard InChI is InChI=1S/C12H8BrClFNO/c13-9-1-3-10(4-2-9)17-12-11(15)8(7-14)5-6-16-12/h1-6H,7H2. The van der Waals surface area contributed by atoms with E-state index < -0.39 is 5.82 Å². The van der Waals surface area contributed by atoms with Gasteiger partial charge in [-0.15, -0.1) is 11.6 Å². The number of ether oxygens (including phenoxy) is 1. The van der Waals surface area contributed by atoms with Crippen LogP contribution in [0.2, 0.25) is 0 Å². The molecule has 5 heteroatoms. The monoisotopic (exact) mass is 315 g/mol. The number of alkyl halides is 1. The maximum atomic E-state index is 13.8. The molecule has 0 saturated heterocycles. The van der Waals surface area contributed by atoms with Crippen molar-refractivity contribution in [3.8, 4) is 11.6 Å². The zero-order valence-electron chi connectivity index (χ0n) is 8.66. The SMILES string of the molecule is Fc1c(CCl)ccnc1Oc1ccc(Br)cc1. The molecule has 1 aromatic carbocycles. The van der Waals surface area contributed by atoms with Crippen molar-refractivity contribution in [2.45, 2.75) is 5.88 Å². The summed E-state index contributed by atoms with van der Waals surface area (Å²) in [7, 11) is 0. The third kappa shape index (κ3) is 2.96. The van der Waals surface area contributed by atoms with E-state index in [0.717, 1.165) is 4.47 Å². The largest absolute Gasteiger partial charge is 0.436 e. The molecule has 2 rings (SSSR count). The second kappa shape index (κ2) is 5.47. The Labute approximate surface area is 112 Å². The maximum Gasteiger partial charge on any atom is 0.256 e. The fraction of sp³-hybridized carbons (Fsp3) is 0.0833. The van der Waals surface area contributed by atoms with E-state index in [-0.39, 0.29) is 11.8 Å². The molecule has 0 aliphatic heterocycles. The molecule has 0 radical (unpaired) electrons. The van der Waals surface area contributed by atoms with Crippen molar-refractivity contribution in [1.29, 1.82) is 0 Å². The topological polar surface area (TPSA) is 22.1 Å². The second-order valence-electron chi connectivity index (χ2n) is 3.28. The Balaban J connectivity index is 2.27. The van der Waals surface area contributed by atoms with Gasteiger partial charge in [0.15, 0.2) is 5.82 Å². The Kier molecular flexibility index (Phi) is 3.97. The van der Waals surface area contributed by atoms with Gasteiger partial charge in [0.25, 0.3) is 5.88 Å². The van der Waals surface area contributed by atoms with Gasteiger partial charge in [0, 0.05) is 16.2 Å². The van der Waals surface area contributed by atoms with Gasteiger partial charge in [-0.3, -0.25) is 0 Å². The Hall–Kier alpha value is -1.13. The van der Waals surface area contributed by atoms with E-state index in [1.165, 1.54) is 12.3 Å². The van der Waals surface area contributed by atoms with Crippen LogP contribution in [0.1, 0.15) is 5.56 Å². The van der Waals surface area contributed by atoms with E-state index in [2.05, 4.69) is 20.9 Å². The summed E-state index contributed by atoms with van der Waals surface area (Å²) in [5, 5.41) is 0. The molecule has 0 aliphatic carbocycles. The minimum Gasteiger partial charge on any atom is -0.436 e. The summed E-state index contributed by atoms with van der Waals surface area (Å²) in [6.07, 6.45) is 1.47. The van der Waals surface area contributed by atoms with Crippen molar-refractivity contribution >= 4 is 27.5 Å². The molecule has 1 heterocycles. The highest BCUT2D eigenvalue weighted by atomic mass is 79.9. The van der Waals surface area contributed by atoms with Gasteiger partial charge in [0.1, 0.15) is 5.75 Å². The molecule has 0 N–H and O–H groups in total. The lowest BCUT2D eigenvalue weighted by atomic mass is 10.3. The molecule has 0 bridgehead atoms. The van der Waals surface area contributed by atoms with Crippen molar-refractivity contribution in [3.63, 3.8) is 0 Å². The number of nitrogens with zero attached hydrogens (tertiary/aromatic N) is 1. The molecule has 0 fully saturated rings. The van der Waals surface area contributed by atoms with Crippen LogP contribution in [-0.2, 0) is 5.88 Å². The molecule has 0 atom stereocenters. The maximum absolute atomic E-state index is 13.8. The van der Waals surface area contributed by atoms with Gasteiger partial charge < -0.3 is 4.74 Å². The van der Waals surface area contributed by atoms with E-state index in [4.69, 9.17) is 16.3 Å². The number of hydrogen-bond donors (Lipinski definition) is 0. The lowest BCUT2D eigenvalue weighted by molar-refractivity contribution is 0.420.